The molecule has 0 aliphatic carbocycles. The first-order chi connectivity index (χ1) is 16.9. The minimum Gasteiger partial charge on any atom is -0.356 e. The van der Waals surface area contributed by atoms with Gasteiger partial charge in [-0.05, 0) is 38.3 Å². The van der Waals surface area contributed by atoms with Crippen molar-refractivity contribution < 1.29 is 19.2 Å². The van der Waals surface area contributed by atoms with Crippen LogP contribution in [0.4, 0.5) is 0 Å². The van der Waals surface area contributed by atoms with Gasteiger partial charge in [0.15, 0.2) is 0 Å². The first kappa shape index (κ1) is 30.1. The van der Waals surface area contributed by atoms with Gasteiger partial charge >= 0.3 is 0 Å². The van der Waals surface area contributed by atoms with Gasteiger partial charge in [0.1, 0.15) is 12.1 Å². The molecule has 0 spiro atoms. The fourth-order valence-corrected chi connectivity index (χ4v) is 3.53. The van der Waals surface area contributed by atoms with E-state index in [2.05, 4.69) is 35.1 Å². The van der Waals surface area contributed by atoms with E-state index in [1.807, 2.05) is 0 Å². The zero-order chi connectivity index (χ0) is 25.9. The molecule has 0 unspecified atom stereocenters. The fourth-order valence-electron chi connectivity index (χ4n) is 3.53. The monoisotopic (exact) mass is 488 g/mol. The summed E-state index contributed by atoms with van der Waals surface area (Å²) in [6.07, 6.45) is 8.69. The van der Waals surface area contributed by atoms with E-state index in [0.29, 0.717) is 18.7 Å². The summed E-state index contributed by atoms with van der Waals surface area (Å²) in [4.78, 5) is 50.1. The number of benzene rings is 1. The highest BCUT2D eigenvalue weighted by Gasteiger charge is 2.25. The maximum Gasteiger partial charge on any atom is 0.251 e. The van der Waals surface area contributed by atoms with Gasteiger partial charge in [0, 0.05) is 25.1 Å². The summed E-state index contributed by atoms with van der Waals surface area (Å²) in [5.41, 5.74) is 0.448. The van der Waals surface area contributed by atoms with Gasteiger partial charge in [0.2, 0.25) is 17.7 Å². The van der Waals surface area contributed by atoms with Crippen LogP contribution in [0.5, 0.6) is 0 Å². The standard InChI is InChI=1S/C27H44N4O4/c1-4-6-8-13-19-28-24(32)18-17-23(27(35)29-20-14-9-7-5-2)31-25(33)21(3)30-26(34)22-15-11-10-12-16-22/h10-12,15-16,21,23H,4-9,13-14,17-20H2,1-3H3,(H,28,32)(H,29,35)(H,30,34)(H,31,33)/t21-,23-/m1/s1. The van der Waals surface area contributed by atoms with Crippen LogP contribution in [-0.2, 0) is 14.4 Å². The molecule has 8 nitrogen and oxygen atoms in total. The maximum atomic E-state index is 12.8. The summed E-state index contributed by atoms with van der Waals surface area (Å²) >= 11 is 0. The third kappa shape index (κ3) is 13.5. The highest BCUT2D eigenvalue weighted by atomic mass is 16.2. The van der Waals surface area contributed by atoms with Gasteiger partial charge in [-0.25, -0.2) is 0 Å². The molecular formula is C27H44N4O4. The molecule has 1 aromatic rings. The van der Waals surface area contributed by atoms with Crippen LogP contribution in [0.3, 0.4) is 0 Å². The first-order valence-electron chi connectivity index (χ1n) is 13.1. The first-order valence-corrected chi connectivity index (χ1v) is 13.1. The zero-order valence-electron chi connectivity index (χ0n) is 21.7. The van der Waals surface area contributed by atoms with Crippen LogP contribution >= 0.6 is 0 Å². The van der Waals surface area contributed by atoms with Crippen molar-refractivity contribution in [1.29, 1.82) is 0 Å². The van der Waals surface area contributed by atoms with E-state index in [4.69, 9.17) is 0 Å². The van der Waals surface area contributed by atoms with Crippen LogP contribution in [0.25, 0.3) is 0 Å². The van der Waals surface area contributed by atoms with Crippen LogP contribution in [-0.4, -0.2) is 48.8 Å². The third-order valence-electron chi connectivity index (χ3n) is 5.75. The lowest BCUT2D eigenvalue weighted by atomic mass is 10.1. The van der Waals surface area contributed by atoms with Crippen LogP contribution in [0.1, 0.15) is 95.3 Å². The predicted octanol–water partition coefficient (Wildman–Crippen LogP) is 3.46. The summed E-state index contributed by atoms with van der Waals surface area (Å²) in [6.45, 7) is 6.96. The van der Waals surface area contributed by atoms with E-state index in [0.717, 1.165) is 51.4 Å². The van der Waals surface area contributed by atoms with Crippen LogP contribution < -0.4 is 21.3 Å². The van der Waals surface area contributed by atoms with Crippen molar-refractivity contribution in [3.8, 4) is 0 Å². The average molecular weight is 489 g/mol. The molecule has 0 fully saturated rings. The van der Waals surface area contributed by atoms with Crippen molar-refractivity contribution >= 4 is 23.6 Å². The number of carbonyl (C=O) groups is 4. The molecule has 8 heteroatoms. The molecule has 35 heavy (non-hydrogen) atoms. The molecule has 1 aromatic carbocycles. The molecule has 0 bridgehead atoms. The Morgan fingerprint density at radius 2 is 1.34 bits per heavy atom. The van der Waals surface area contributed by atoms with Crippen LogP contribution in [0.15, 0.2) is 30.3 Å². The van der Waals surface area contributed by atoms with E-state index in [-0.39, 0.29) is 30.6 Å². The van der Waals surface area contributed by atoms with Gasteiger partial charge in [-0.1, -0.05) is 70.6 Å². The SMILES string of the molecule is CCCCCCNC(=O)CC[C@@H](NC(=O)[C@@H](C)NC(=O)c1ccccc1)C(=O)NCCCCCC. The fraction of sp³-hybridized carbons (Fsp3) is 0.630. The summed E-state index contributed by atoms with van der Waals surface area (Å²) in [5, 5.41) is 11.1. The Labute approximate surface area is 210 Å². The second-order valence-corrected chi connectivity index (χ2v) is 8.92. The number of hydrogen-bond acceptors (Lipinski definition) is 4. The molecule has 4 N–H and O–H groups in total. The van der Waals surface area contributed by atoms with E-state index >= 15 is 0 Å². The zero-order valence-corrected chi connectivity index (χ0v) is 21.7. The van der Waals surface area contributed by atoms with Crippen molar-refractivity contribution in [2.45, 2.75) is 97.1 Å². The van der Waals surface area contributed by atoms with Crippen molar-refractivity contribution in [2.24, 2.45) is 0 Å². The lowest BCUT2D eigenvalue weighted by Crippen LogP contribution is -2.53. The van der Waals surface area contributed by atoms with Gasteiger partial charge in [0.05, 0.1) is 0 Å². The van der Waals surface area contributed by atoms with Crippen molar-refractivity contribution in [2.75, 3.05) is 13.1 Å². The van der Waals surface area contributed by atoms with Crippen molar-refractivity contribution in [3.63, 3.8) is 0 Å². The third-order valence-corrected chi connectivity index (χ3v) is 5.75. The Hall–Kier alpha value is -2.90. The predicted molar refractivity (Wildman–Crippen MR) is 139 cm³/mol. The van der Waals surface area contributed by atoms with Gasteiger partial charge in [-0.3, -0.25) is 19.2 Å². The number of hydrogen-bond donors (Lipinski definition) is 4. The highest BCUT2D eigenvalue weighted by Crippen LogP contribution is 2.04. The summed E-state index contributed by atoms with van der Waals surface area (Å²) in [5.74, 6) is -1.29. The quantitative estimate of drug-likeness (QED) is 0.237. The molecule has 0 heterocycles. The Balaban J connectivity index is 2.62. The van der Waals surface area contributed by atoms with Crippen LogP contribution in [0, 0.1) is 0 Å². The van der Waals surface area contributed by atoms with E-state index in [1.54, 1.807) is 37.3 Å². The molecule has 0 saturated heterocycles. The molecule has 4 amide bonds. The van der Waals surface area contributed by atoms with Gasteiger partial charge in [-0.15, -0.1) is 0 Å². The molecule has 2 atom stereocenters. The lowest BCUT2D eigenvalue weighted by molar-refractivity contribution is -0.130. The molecule has 0 aliphatic heterocycles. The van der Waals surface area contributed by atoms with Gasteiger partial charge in [-0.2, -0.15) is 0 Å². The molecule has 0 aliphatic rings. The van der Waals surface area contributed by atoms with Crippen molar-refractivity contribution in [3.05, 3.63) is 35.9 Å². The highest BCUT2D eigenvalue weighted by molar-refractivity contribution is 5.98. The Bertz CT molecular complexity index is 770. The topological polar surface area (TPSA) is 116 Å². The minimum absolute atomic E-state index is 0.132. The lowest BCUT2D eigenvalue weighted by Gasteiger charge is -2.21. The Morgan fingerprint density at radius 1 is 0.743 bits per heavy atom. The normalized spacial score (nSPS) is 12.3. The maximum absolute atomic E-state index is 12.8. The molecule has 0 saturated carbocycles. The average Bonchev–Trinajstić information content (AvgIpc) is 2.86. The smallest absolute Gasteiger partial charge is 0.251 e. The molecule has 0 radical (unpaired) electrons. The number of rotatable bonds is 18. The van der Waals surface area contributed by atoms with E-state index < -0.39 is 18.0 Å². The minimum atomic E-state index is -0.851. The largest absolute Gasteiger partial charge is 0.356 e. The number of unbranched alkanes of at least 4 members (excludes halogenated alkanes) is 6. The van der Waals surface area contributed by atoms with Crippen molar-refractivity contribution in [1.82, 2.24) is 21.3 Å². The molecule has 0 aromatic heterocycles. The summed E-state index contributed by atoms with van der Waals surface area (Å²) in [7, 11) is 0. The number of carbonyl (C=O) groups excluding carboxylic acids is 4. The van der Waals surface area contributed by atoms with E-state index in [9.17, 15) is 19.2 Å². The molecule has 196 valence electrons. The second kappa shape index (κ2) is 18.4. The van der Waals surface area contributed by atoms with Crippen LogP contribution in [0.2, 0.25) is 0 Å². The summed E-state index contributed by atoms with van der Waals surface area (Å²) in [6, 6.07) is 6.93. The Morgan fingerprint density at radius 3 is 1.94 bits per heavy atom. The van der Waals surface area contributed by atoms with Gasteiger partial charge < -0.3 is 21.3 Å². The number of nitrogens with one attached hydrogen (secondary N) is 4. The molecule has 1 rings (SSSR count). The Kier molecular flexibility index (Phi) is 15.9. The summed E-state index contributed by atoms with van der Waals surface area (Å²) < 4.78 is 0. The number of amides is 4. The second-order valence-electron chi connectivity index (χ2n) is 8.92. The van der Waals surface area contributed by atoms with E-state index in [1.165, 1.54) is 0 Å². The van der Waals surface area contributed by atoms with Gasteiger partial charge in [0.25, 0.3) is 5.91 Å². The molecular weight excluding hydrogens is 444 g/mol.